The number of ether oxygens (including phenoxy) is 1. The molecule has 120 valence electrons. The maximum absolute atomic E-state index is 12.0. The molecule has 1 saturated heterocycles. The van der Waals surface area contributed by atoms with E-state index in [-0.39, 0.29) is 6.09 Å². The number of rotatable bonds is 2. The Labute approximate surface area is 131 Å². The van der Waals surface area contributed by atoms with Gasteiger partial charge in [-0.2, -0.15) is 0 Å². The number of aryl methyl sites for hydroxylation is 1. The highest BCUT2D eigenvalue weighted by atomic mass is 16.6. The van der Waals surface area contributed by atoms with Crippen molar-refractivity contribution in [2.24, 2.45) is 17.8 Å². The number of likely N-dealkylation sites (tertiary alicyclic amines) is 1. The maximum Gasteiger partial charge on any atom is 0.410 e. The van der Waals surface area contributed by atoms with Gasteiger partial charge in [-0.1, -0.05) is 0 Å². The van der Waals surface area contributed by atoms with Crippen molar-refractivity contribution in [3.05, 3.63) is 23.5 Å². The van der Waals surface area contributed by atoms with Crippen molar-refractivity contribution in [2.45, 2.75) is 39.7 Å². The van der Waals surface area contributed by atoms with E-state index in [4.69, 9.17) is 4.74 Å². The van der Waals surface area contributed by atoms with Crippen LogP contribution in [0.5, 0.6) is 5.75 Å². The molecule has 5 nitrogen and oxygen atoms in total. The molecule has 2 heterocycles. The molecule has 0 bridgehead atoms. The van der Waals surface area contributed by atoms with Crippen molar-refractivity contribution in [3.8, 4) is 5.75 Å². The monoisotopic (exact) mass is 304 g/mol. The fourth-order valence-electron chi connectivity index (χ4n) is 3.41. The molecule has 2 aliphatic rings. The highest BCUT2D eigenvalue weighted by Gasteiger charge is 2.57. The number of fused-ring (bicyclic) bond motifs is 1. The summed E-state index contributed by atoms with van der Waals surface area (Å²) in [4.78, 5) is 18.1. The zero-order valence-electron chi connectivity index (χ0n) is 13.7. The summed E-state index contributed by atoms with van der Waals surface area (Å²) in [5.41, 5.74) is 1.20. The summed E-state index contributed by atoms with van der Waals surface area (Å²) in [5.74, 6) is 1.89. The number of aromatic hydroxyl groups is 1. The third-order valence-corrected chi connectivity index (χ3v) is 4.65. The Balaban J connectivity index is 1.55. The van der Waals surface area contributed by atoms with E-state index in [9.17, 15) is 9.90 Å². The van der Waals surface area contributed by atoms with Gasteiger partial charge in [0.25, 0.3) is 0 Å². The number of nitrogens with zero attached hydrogens (tertiary/aromatic N) is 2. The second-order valence-electron chi connectivity index (χ2n) is 7.50. The van der Waals surface area contributed by atoms with Crippen LogP contribution in [0.4, 0.5) is 4.79 Å². The number of amides is 1. The van der Waals surface area contributed by atoms with Gasteiger partial charge in [0.2, 0.25) is 0 Å². The van der Waals surface area contributed by atoms with E-state index in [1.807, 2.05) is 33.8 Å². The molecular formula is C17H24N2O3. The molecule has 0 spiro atoms. The molecule has 1 N–H and O–H groups in total. The van der Waals surface area contributed by atoms with Crippen LogP contribution in [0.1, 0.15) is 32.0 Å². The van der Waals surface area contributed by atoms with Crippen molar-refractivity contribution in [3.63, 3.8) is 0 Å². The first-order chi connectivity index (χ1) is 10.3. The van der Waals surface area contributed by atoms with Gasteiger partial charge in [0.1, 0.15) is 11.4 Å². The number of hydrogen-bond donors (Lipinski definition) is 1. The Morgan fingerprint density at radius 2 is 2.05 bits per heavy atom. The summed E-state index contributed by atoms with van der Waals surface area (Å²) >= 11 is 0. The first-order valence-electron chi connectivity index (χ1n) is 7.87. The molecular weight excluding hydrogens is 280 g/mol. The molecule has 3 rings (SSSR count). The normalized spacial score (nSPS) is 26.7. The van der Waals surface area contributed by atoms with Crippen LogP contribution in [0, 0.1) is 24.7 Å². The summed E-state index contributed by atoms with van der Waals surface area (Å²) in [5, 5.41) is 10.1. The summed E-state index contributed by atoms with van der Waals surface area (Å²) in [6, 6.07) is 1.82. The van der Waals surface area contributed by atoms with E-state index in [0.29, 0.717) is 23.5 Å². The summed E-state index contributed by atoms with van der Waals surface area (Å²) in [6.45, 7) is 9.07. The lowest BCUT2D eigenvalue weighted by Gasteiger charge is -2.25. The van der Waals surface area contributed by atoms with Crippen LogP contribution in [0.25, 0.3) is 0 Å². The Kier molecular flexibility index (Phi) is 3.54. The van der Waals surface area contributed by atoms with Crippen molar-refractivity contribution >= 4 is 6.09 Å². The number of aromatic nitrogens is 1. The summed E-state index contributed by atoms with van der Waals surface area (Å²) < 4.78 is 5.41. The predicted octanol–water partition coefficient (Wildman–Crippen LogP) is 2.75. The van der Waals surface area contributed by atoms with Gasteiger partial charge in [-0.25, -0.2) is 4.79 Å². The minimum absolute atomic E-state index is 0.213. The van der Waals surface area contributed by atoms with E-state index in [1.54, 1.807) is 11.1 Å². The van der Waals surface area contributed by atoms with E-state index < -0.39 is 5.60 Å². The van der Waals surface area contributed by atoms with E-state index in [2.05, 4.69) is 4.98 Å². The lowest BCUT2D eigenvalue weighted by atomic mass is 10.1. The molecule has 1 aromatic rings. The topological polar surface area (TPSA) is 62.7 Å². The number of hydrogen-bond acceptors (Lipinski definition) is 4. The first-order valence-corrected chi connectivity index (χ1v) is 7.87. The zero-order chi connectivity index (χ0) is 16.1. The Morgan fingerprint density at radius 1 is 1.41 bits per heavy atom. The van der Waals surface area contributed by atoms with Gasteiger partial charge < -0.3 is 14.7 Å². The Hall–Kier alpha value is -1.78. The average molecular weight is 304 g/mol. The quantitative estimate of drug-likeness (QED) is 0.912. The third kappa shape index (κ3) is 2.89. The van der Waals surface area contributed by atoms with E-state index in [1.165, 1.54) is 0 Å². The molecule has 1 aliphatic carbocycles. The SMILES string of the molecule is Cc1ccnc(CC2C3CN(C(=O)OC(C)(C)C)CC23)c1O. The smallest absolute Gasteiger partial charge is 0.410 e. The molecule has 1 aliphatic heterocycles. The van der Waals surface area contributed by atoms with Gasteiger partial charge in [-0.05, 0) is 63.5 Å². The van der Waals surface area contributed by atoms with E-state index in [0.717, 1.165) is 30.8 Å². The van der Waals surface area contributed by atoms with Gasteiger partial charge in [-0.15, -0.1) is 0 Å². The zero-order valence-corrected chi connectivity index (χ0v) is 13.7. The van der Waals surface area contributed by atoms with Crippen LogP contribution >= 0.6 is 0 Å². The second kappa shape index (κ2) is 5.14. The summed E-state index contributed by atoms with van der Waals surface area (Å²) in [7, 11) is 0. The molecule has 5 heteroatoms. The Bertz CT molecular complexity index is 582. The number of piperidine rings is 1. The maximum atomic E-state index is 12.0. The highest BCUT2D eigenvalue weighted by molar-refractivity contribution is 5.69. The average Bonchev–Trinajstić information content (AvgIpc) is 2.84. The van der Waals surface area contributed by atoms with Crippen molar-refractivity contribution in [2.75, 3.05) is 13.1 Å². The third-order valence-electron chi connectivity index (χ3n) is 4.65. The van der Waals surface area contributed by atoms with Crippen LogP contribution in [-0.2, 0) is 11.2 Å². The Morgan fingerprint density at radius 3 is 2.64 bits per heavy atom. The predicted molar refractivity (Wildman–Crippen MR) is 82.6 cm³/mol. The first kappa shape index (κ1) is 15.1. The van der Waals surface area contributed by atoms with Crippen molar-refractivity contribution in [1.29, 1.82) is 0 Å². The largest absolute Gasteiger partial charge is 0.506 e. The van der Waals surface area contributed by atoms with Gasteiger partial charge >= 0.3 is 6.09 Å². The minimum atomic E-state index is -0.444. The van der Waals surface area contributed by atoms with Gasteiger partial charge in [0.05, 0.1) is 5.69 Å². The standard InChI is InChI=1S/C17H24N2O3/c1-10-5-6-18-14(15(10)20)7-11-12-8-19(9-13(11)12)16(21)22-17(2,3)4/h5-6,11-13,20H,7-9H2,1-4H3. The summed E-state index contributed by atoms with van der Waals surface area (Å²) in [6.07, 6.45) is 2.33. The van der Waals surface area contributed by atoms with Gasteiger partial charge in [0, 0.05) is 19.3 Å². The van der Waals surface area contributed by atoms with Crippen LogP contribution in [0.15, 0.2) is 12.3 Å². The molecule has 2 unspecified atom stereocenters. The van der Waals surface area contributed by atoms with Crippen LogP contribution in [0.3, 0.4) is 0 Å². The molecule has 1 aromatic heterocycles. The minimum Gasteiger partial charge on any atom is -0.506 e. The second-order valence-corrected chi connectivity index (χ2v) is 7.50. The molecule has 1 saturated carbocycles. The fraction of sp³-hybridized carbons (Fsp3) is 0.647. The highest BCUT2D eigenvalue weighted by Crippen LogP contribution is 2.53. The van der Waals surface area contributed by atoms with Crippen LogP contribution in [0.2, 0.25) is 0 Å². The van der Waals surface area contributed by atoms with Crippen LogP contribution in [-0.4, -0.2) is 39.8 Å². The molecule has 1 amide bonds. The van der Waals surface area contributed by atoms with Crippen molar-refractivity contribution in [1.82, 2.24) is 9.88 Å². The van der Waals surface area contributed by atoms with Crippen LogP contribution < -0.4 is 0 Å². The molecule has 0 aromatic carbocycles. The molecule has 2 atom stereocenters. The molecule has 2 fully saturated rings. The van der Waals surface area contributed by atoms with E-state index >= 15 is 0 Å². The number of pyridine rings is 1. The molecule has 22 heavy (non-hydrogen) atoms. The number of carbonyl (C=O) groups is 1. The fourth-order valence-corrected chi connectivity index (χ4v) is 3.41. The number of carbonyl (C=O) groups excluding carboxylic acids is 1. The van der Waals surface area contributed by atoms with Gasteiger partial charge in [0.15, 0.2) is 0 Å². The van der Waals surface area contributed by atoms with Gasteiger partial charge in [-0.3, -0.25) is 4.98 Å². The molecule has 0 radical (unpaired) electrons. The lowest BCUT2D eigenvalue weighted by molar-refractivity contribution is 0.0265. The lowest BCUT2D eigenvalue weighted by Crippen LogP contribution is -2.37. The van der Waals surface area contributed by atoms with Crippen molar-refractivity contribution < 1.29 is 14.6 Å².